The van der Waals surface area contributed by atoms with Gasteiger partial charge in [0, 0.05) is 32.0 Å². The van der Waals surface area contributed by atoms with E-state index in [0.29, 0.717) is 17.0 Å². The first-order chi connectivity index (χ1) is 13.2. The summed E-state index contributed by atoms with van der Waals surface area (Å²) >= 11 is 0. The van der Waals surface area contributed by atoms with Gasteiger partial charge in [0.05, 0.1) is 24.0 Å². The van der Waals surface area contributed by atoms with Crippen molar-refractivity contribution in [1.29, 1.82) is 5.26 Å². The molecule has 0 saturated carbocycles. The normalized spacial score (nSPS) is 20.2. The van der Waals surface area contributed by atoms with Crippen molar-refractivity contribution in [3.8, 4) is 6.07 Å². The average molecular weight is 367 g/mol. The maximum absolute atomic E-state index is 9.35. The molecular weight excluding hydrogens is 338 g/mol. The number of rotatable bonds is 7. The summed E-state index contributed by atoms with van der Waals surface area (Å²) in [4.78, 5) is 13.6. The van der Waals surface area contributed by atoms with Crippen LogP contribution < -0.4 is 4.90 Å². The van der Waals surface area contributed by atoms with Crippen LogP contribution in [-0.4, -0.2) is 60.3 Å². The minimum atomic E-state index is 0.215. The Hall–Kier alpha value is -2.23. The fourth-order valence-corrected chi connectivity index (χ4v) is 3.89. The van der Waals surface area contributed by atoms with Crippen molar-refractivity contribution >= 4 is 16.7 Å². The monoisotopic (exact) mass is 367 g/mol. The van der Waals surface area contributed by atoms with E-state index in [1.807, 2.05) is 12.1 Å². The summed E-state index contributed by atoms with van der Waals surface area (Å²) in [6, 6.07) is 6.07. The van der Waals surface area contributed by atoms with Crippen LogP contribution >= 0.6 is 0 Å². The van der Waals surface area contributed by atoms with Gasteiger partial charge in [-0.2, -0.15) is 5.26 Å². The Kier molecular flexibility index (Phi) is 6.59. The first-order valence-electron chi connectivity index (χ1n) is 9.88. The van der Waals surface area contributed by atoms with E-state index in [2.05, 4.69) is 46.6 Å². The number of nitriles is 1. The van der Waals surface area contributed by atoms with Gasteiger partial charge in [-0.15, -0.1) is 0 Å². The van der Waals surface area contributed by atoms with E-state index in [9.17, 15) is 5.26 Å². The molecular formula is C21H29N5O. The number of ether oxygens (including phenoxy) is 1. The topological polar surface area (TPSA) is 65.3 Å². The Morgan fingerprint density at radius 3 is 2.63 bits per heavy atom. The van der Waals surface area contributed by atoms with Gasteiger partial charge in [-0.3, -0.25) is 9.97 Å². The van der Waals surface area contributed by atoms with Gasteiger partial charge >= 0.3 is 0 Å². The lowest BCUT2D eigenvalue weighted by molar-refractivity contribution is 0.0211. The highest BCUT2D eigenvalue weighted by atomic mass is 16.5. The fourth-order valence-electron chi connectivity index (χ4n) is 3.89. The van der Waals surface area contributed by atoms with Crippen LogP contribution in [0, 0.1) is 17.2 Å². The average Bonchev–Trinajstić information content (AvgIpc) is 2.70. The van der Waals surface area contributed by atoms with E-state index >= 15 is 0 Å². The van der Waals surface area contributed by atoms with E-state index in [1.165, 1.54) is 0 Å². The fraction of sp³-hybridized carbons (Fsp3) is 0.571. The quantitative estimate of drug-likeness (QED) is 0.749. The SMILES string of the molecule is CCN(CC)CCOC1C[C@H](C)CN(c2ccc(C#N)c3nccnc23)C1. The van der Waals surface area contributed by atoms with Crippen molar-refractivity contribution in [2.45, 2.75) is 33.3 Å². The van der Waals surface area contributed by atoms with E-state index in [0.717, 1.165) is 57.0 Å². The number of piperidine rings is 1. The Balaban J connectivity index is 1.75. The van der Waals surface area contributed by atoms with Crippen LogP contribution in [0.1, 0.15) is 32.8 Å². The molecule has 1 aromatic heterocycles. The predicted molar refractivity (Wildman–Crippen MR) is 108 cm³/mol. The first kappa shape index (κ1) is 19.5. The number of likely N-dealkylation sites (N-methyl/N-ethyl adjacent to an activating group) is 1. The second kappa shape index (κ2) is 9.12. The highest BCUT2D eigenvalue weighted by Crippen LogP contribution is 2.30. The lowest BCUT2D eigenvalue weighted by Gasteiger charge is -2.38. The van der Waals surface area contributed by atoms with E-state index in [4.69, 9.17) is 4.74 Å². The molecule has 1 aliphatic rings. The number of fused-ring (bicyclic) bond motifs is 1. The highest BCUT2D eigenvalue weighted by molar-refractivity contribution is 5.92. The number of aromatic nitrogens is 2. The summed E-state index contributed by atoms with van der Waals surface area (Å²) in [6.07, 6.45) is 4.63. The number of nitrogens with zero attached hydrogens (tertiary/aromatic N) is 5. The zero-order chi connectivity index (χ0) is 19.2. The van der Waals surface area contributed by atoms with Crippen LogP contribution in [-0.2, 0) is 4.74 Å². The van der Waals surface area contributed by atoms with Crippen molar-refractivity contribution in [2.24, 2.45) is 5.92 Å². The van der Waals surface area contributed by atoms with Crippen molar-refractivity contribution in [3.63, 3.8) is 0 Å². The van der Waals surface area contributed by atoms with Gasteiger partial charge in [0.1, 0.15) is 17.1 Å². The molecule has 2 atom stereocenters. The number of anilines is 1. The molecule has 0 aliphatic carbocycles. The molecule has 0 amide bonds. The molecule has 144 valence electrons. The van der Waals surface area contributed by atoms with Crippen LogP contribution in [0.4, 0.5) is 5.69 Å². The second-order valence-corrected chi connectivity index (χ2v) is 7.26. The third-order valence-electron chi connectivity index (χ3n) is 5.34. The Bertz CT molecular complexity index is 799. The molecule has 1 fully saturated rings. The van der Waals surface area contributed by atoms with Gasteiger partial charge in [-0.05, 0) is 37.6 Å². The van der Waals surface area contributed by atoms with Crippen molar-refractivity contribution in [2.75, 3.05) is 44.2 Å². The molecule has 1 saturated heterocycles. The van der Waals surface area contributed by atoms with Gasteiger partial charge in [0.15, 0.2) is 0 Å². The molecule has 3 rings (SSSR count). The smallest absolute Gasteiger partial charge is 0.113 e. The summed E-state index contributed by atoms with van der Waals surface area (Å²) in [5.41, 5.74) is 3.09. The maximum atomic E-state index is 9.35. The number of hydrogen-bond donors (Lipinski definition) is 0. The molecule has 1 aromatic carbocycles. The van der Waals surface area contributed by atoms with Gasteiger partial charge < -0.3 is 14.5 Å². The summed E-state index contributed by atoms with van der Waals surface area (Å²) in [6.45, 7) is 12.3. The second-order valence-electron chi connectivity index (χ2n) is 7.26. The molecule has 0 bridgehead atoms. The summed E-state index contributed by atoms with van der Waals surface area (Å²) in [7, 11) is 0. The highest BCUT2D eigenvalue weighted by Gasteiger charge is 2.27. The molecule has 2 heterocycles. The van der Waals surface area contributed by atoms with Crippen LogP contribution in [0.2, 0.25) is 0 Å². The van der Waals surface area contributed by atoms with Gasteiger partial charge in [0.25, 0.3) is 0 Å². The van der Waals surface area contributed by atoms with Crippen LogP contribution in [0.3, 0.4) is 0 Å². The lowest BCUT2D eigenvalue weighted by atomic mass is 9.96. The van der Waals surface area contributed by atoms with E-state index in [1.54, 1.807) is 12.4 Å². The van der Waals surface area contributed by atoms with E-state index < -0.39 is 0 Å². The number of hydrogen-bond acceptors (Lipinski definition) is 6. The Labute approximate surface area is 161 Å². The minimum Gasteiger partial charge on any atom is -0.375 e. The molecule has 6 heteroatoms. The zero-order valence-corrected chi connectivity index (χ0v) is 16.6. The van der Waals surface area contributed by atoms with Gasteiger partial charge in [0.2, 0.25) is 0 Å². The van der Waals surface area contributed by atoms with Crippen LogP contribution in [0.25, 0.3) is 11.0 Å². The minimum absolute atomic E-state index is 0.215. The zero-order valence-electron chi connectivity index (χ0n) is 16.6. The Morgan fingerprint density at radius 2 is 1.93 bits per heavy atom. The molecule has 0 N–H and O–H groups in total. The summed E-state index contributed by atoms with van der Waals surface area (Å²) in [5.74, 6) is 0.541. The van der Waals surface area contributed by atoms with Gasteiger partial charge in [-0.25, -0.2) is 0 Å². The third-order valence-corrected chi connectivity index (χ3v) is 5.34. The largest absolute Gasteiger partial charge is 0.375 e. The molecule has 0 radical (unpaired) electrons. The predicted octanol–water partition coefficient (Wildman–Crippen LogP) is 3.07. The van der Waals surface area contributed by atoms with Crippen LogP contribution in [0.15, 0.2) is 24.5 Å². The first-order valence-corrected chi connectivity index (χ1v) is 9.88. The molecule has 1 unspecified atom stereocenters. The Morgan fingerprint density at radius 1 is 1.19 bits per heavy atom. The molecule has 1 aliphatic heterocycles. The summed E-state index contributed by atoms with van der Waals surface area (Å²) in [5, 5.41) is 9.35. The van der Waals surface area contributed by atoms with E-state index in [-0.39, 0.29) is 6.10 Å². The van der Waals surface area contributed by atoms with Crippen molar-refractivity contribution < 1.29 is 4.74 Å². The molecule has 27 heavy (non-hydrogen) atoms. The van der Waals surface area contributed by atoms with Crippen molar-refractivity contribution in [3.05, 3.63) is 30.1 Å². The number of benzene rings is 1. The summed E-state index contributed by atoms with van der Waals surface area (Å²) < 4.78 is 6.22. The standard InChI is InChI=1S/C21H29N5O/c1-4-25(5-2)10-11-27-18-12-16(3)14-26(15-18)19-7-6-17(13-22)20-21(19)24-9-8-23-20/h6-9,16,18H,4-5,10-12,14-15H2,1-3H3/t16-,18?/m0/s1. The lowest BCUT2D eigenvalue weighted by Crippen LogP contribution is -2.44. The molecule has 6 nitrogen and oxygen atoms in total. The van der Waals surface area contributed by atoms with Crippen LogP contribution in [0.5, 0.6) is 0 Å². The third kappa shape index (κ3) is 4.55. The van der Waals surface area contributed by atoms with Gasteiger partial charge in [-0.1, -0.05) is 20.8 Å². The molecule has 0 spiro atoms. The van der Waals surface area contributed by atoms with Crippen molar-refractivity contribution in [1.82, 2.24) is 14.9 Å². The maximum Gasteiger partial charge on any atom is 0.113 e. The molecule has 2 aromatic rings.